The van der Waals surface area contributed by atoms with E-state index in [0.717, 1.165) is 26.6 Å². The van der Waals surface area contributed by atoms with Gasteiger partial charge in [0.25, 0.3) is 5.91 Å². The molecule has 0 radical (unpaired) electrons. The summed E-state index contributed by atoms with van der Waals surface area (Å²) in [5.74, 6) is 1.18. The van der Waals surface area contributed by atoms with Gasteiger partial charge in [0.2, 0.25) is 5.13 Å². The molecule has 0 saturated carbocycles. The number of amides is 1. The van der Waals surface area contributed by atoms with Gasteiger partial charge in [0, 0.05) is 16.5 Å². The quantitative estimate of drug-likeness (QED) is 0.480. The van der Waals surface area contributed by atoms with E-state index in [-0.39, 0.29) is 5.91 Å². The van der Waals surface area contributed by atoms with Crippen LogP contribution in [-0.2, 0) is 0 Å². The Morgan fingerprint density at radius 3 is 2.86 bits per heavy atom. The van der Waals surface area contributed by atoms with Gasteiger partial charge >= 0.3 is 0 Å². The van der Waals surface area contributed by atoms with Gasteiger partial charge in [-0.15, -0.1) is 11.8 Å². The lowest BCUT2D eigenvalue weighted by molar-refractivity contribution is 0.102. The minimum absolute atomic E-state index is 0.181. The van der Waals surface area contributed by atoms with Gasteiger partial charge in [-0.3, -0.25) is 4.79 Å². The summed E-state index contributed by atoms with van der Waals surface area (Å²) in [5, 5.41) is 8.16. The van der Waals surface area contributed by atoms with Crippen molar-refractivity contribution < 1.29 is 9.53 Å². The average molecular weight is 411 g/mol. The summed E-state index contributed by atoms with van der Waals surface area (Å²) in [6.45, 7) is 1.89. The number of anilines is 1. The number of aromatic nitrogens is 3. The third-order valence-electron chi connectivity index (χ3n) is 4.17. The molecule has 4 rings (SSSR count). The summed E-state index contributed by atoms with van der Waals surface area (Å²) < 4.78 is 7.95. The summed E-state index contributed by atoms with van der Waals surface area (Å²) in [4.78, 5) is 18.4. The van der Waals surface area contributed by atoms with Gasteiger partial charge in [-0.25, -0.2) is 4.98 Å². The predicted molar refractivity (Wildman–Crippen MR) is 114 cm³/mol. The second-order valence-corrected chi connectivity index (χ2v) is 7.99. The maximum atomic E-state index is 12.7. The highest BCUT2D eigenvalue weighted by atomic mass is 32.2. The number of fused-ring (bicyclic) bond motifs is 1. The number of nitrogens with one attached hydrogen (secondary N) is 1. The molecular weight excluding hydrogens is 392 g/mol. The van der Waals surface area contributed by atoms with E-state index >= 15 is 0 Å². The summed E-state index contributed by atoms with van der Waals surface area (Å²) in [7, 11) is 1.64. The maximum Gasteiger partial charge on any atom is 0.256 e. The fourth-order valence-corrected chi connectivity index (χ4v) is 4.22. The molecule has 6 nitrogen and oxygen atoms in total. The molecule has 0 spiro atoms. The normalized spacial score (nSPS) is 11.0. The first-order chi connectivity index (χ1) is 13.6. The summed E-state index contributed by atoms with van der Waals surface area (Å²) >= 11 is 3.09. The van der Waals surface area contributed by atoms with E-state index in [0.29, 0.717) is 16.5 Å². The number of carbonyl (C=O) groups excluding carboxylic acids is 1. The van der Waals surface area contributed by atoms with Crippen LogP contribution in [0.5, 0.6) is 5.75 Å². The molecule has 0 saturated heterocycles. The van der Waals surface area contributed by atoms with Gasteiger partial charge in [0.1, 0.15) is 11.6 Å². The highest BCUT2D eigenvalue weighted by Gasteiger charge is 2.16. The Hall–Kier alpha value is -2.84. The molecule has 142 valence electrons. The molecule has 8 heteroatoms. The number of aryl methyl sites for hydroxylation is 1. The van der Waals surface area contributed by atoms with Crippen molar-refractivity contribution >= 4 is 45.0 Å². The largest absolute Gasteiger partial charge is 0.497 e. The maximum absolute atomic E-state index is 12.7. The SMILES string of the molecule is COc1ccc2nc(-n3nc(C)cc3NC(=O)c3cccc(SC)c3)sc2c1. The van der Waals surface area contributed by atoms with E-state index in [4.69, 9.17) is 4.74 Å². The topological polar surface area (TPSA) is 69.0 Å². The van der Waals surface area contributed by atoms with Gasteiger partial charge in [0.15, 0.2) is 0 Å². The molecule has 0 unspecified atom stereocenters. The first-order valence-corrected chi connectivity index (χ1v) is 10.6. The number of thiazole rings is 1. The van der Waals surface area contributed by atoms with E-state index in [1.807, 2.05) is 55.6 Å². The lowest BCUT2D eigenvalue weighted by atomic mass is 10.2. The number of ether oxygens (including phenoxy) is 1. The molecule has 1 amide bonds. The first kappa shape index (κ1) is 18.5. The smallest absolute Gasteiger partial charge is 0.256 e. The van der Waals surface area contributed by atoms with E-state index in [1.165, 1.54) is 11.3 Å². The minimum atomic E-state index is -0.181. The highest BCUT2D eigenvalue weighted by molar-refractivity contribution is 7.98. The minimum Gasteiger partial charge on any atom is -0.497 e. The van der Waals surface area contributed by atoms with Gasteiger partial charge in [-0.05, 0) is 49.6 Å². The lowest BCUT2D eigenvalue weighted by Gasteiger charge is -2.07. The summed E-state index contributed by atoms with van der Waals surface area (Å²) in [6, 6.07) is 15.1. The number of nitrogens with zero attached hydrogens (tertiary/aromatic N) is 3. The summed E-state index contributed by atoms with van der Waals surface area (Å²) in [6.07, 6.45) is 1.98. The van der Waals surface area contributed by atoms with Gasteiger partial charge in [-0.2, -0.15) is 9.78 Å². The Labute approximate surface area is 170 Å². The molecule has 0 bridgehead atoms. The van der Waals surface area contributed by atoms with E-state index in [9.17, 15) is 4.79 Å². The zero-order valence-electron chi connectivity index (χ0n) is 15.6. The molecule has 2 heterocycles. The van der Waals surface area contributed by atoms with Crippen LogP contribution in [0.3, 0.4) is 0 Å². The first-order valence-electron chi connectivity index (χ1n) is 8.54. The Morgan fingerprint density at radius 2 is 2.07 bits per heavy atom. The van der Waals surface area contributed by atoms with Crippen molar-refractivity contribution in [3.8, 4) is 10.9 Å². The third-order valence-corrected chi connectivity index (χ3v) is 5.89. The third kappa shape index (κ3) is 3.61. The van der Waals surface area contributed by atoms with Crippen molar-refractivity contribution in [2.75, 3.05) is 18.7 Å². The van der Waals surface area contributed by atoms with Crippen molar-refractivity contribution in [3.63, 3.8) is 0 Å². The lowest BCUT2D eigenvalue weighted by Crippen LogP contribution is -2.15. The number of hydrogen-bond donors (Lipinski definition) is 1. The van der Waals surface area contributed by atoms with Crippen molar-refractivity contribution in [3.05, 3.63) is 59.8 Å². The van der Waals surface area contributed by atoms with Gasteiger partial charge < -0.3 is 10.1 Å². The highest BCUT2D eigenvalue weighted by Crippen LogP contribution is 2.30. The van der Waals surface area contributed by atoms with Crippen LogP contribution in [-0.4, -0.2) is 34.0 Å². The van der Waals surface area contributed by atoms with Crippen molar-refractivity contribution in [2.24, 2.45) is 0 Å². The van der Waals surface area contributed by atoms with E-state index in [1.54, 1.807) is 29.6 Å². The number of methoxy groups -OCH3 is 1. The number of carbonyl (C=O) groups is 1. The van der Waals surface area contributed by atoms with Crippen LogP contribution in [0.15, 0.2) is 53.4 Å². The molecule has 1 N–H and O–H groups in total. The van der Waals surface area contributed by atoms with Crippen LogP contribution in [0, 0.1) is 6.92 Å². The van der Waals surface area contributed by atoms with Crippen LogP contribution in [0.4, 0.5) is 5.82 Å². The molecule has 0 aliphatic heterocycles. The second kappa shape index (κ2) is 7.65. The van der Waals surface area contributed by atoms with Crippen LogP contribution in [0.1, 0.15) is 16.1 Å². The molecule has 4 aromatic rings. The summed E-state index contributed by atoms with van der Waals surface area (Å²) in [5.41, 5.74) is 2.26. The van der Waals surface area contributed by atoms with Crippen LogP contribution >= 0.6 is 23.1 Å². The number of rotatable bonds is 5. The van der Waals surface area contributed by atoms with Crippen LogP contribution in [0.25, 0.3) is 15.3 Å². The Bertz CT molecular complexity index is 1170. The number of thioether (sulfide) groups is 1. The molecule has 0 atom stereocenters. The Morgan fingerprint density at radius 1 is 1.21 bits per heavy atom. The average Bonchev–Trinajstić information content (AvgIpc) is 3.30. The van der Waals surface area contributed by atoms with Crippen molar-refractivity contribution in [1.82, 2.24) is 14.8 Å². The zero-order valence-corrected chi connectivity index (χ0v) is 17.2. The standard InChI is InChI=1S/C20H18N4O2S2/c1-12-9-18(22-19(25)13-5-4-6-15(10-13)27-3)24(23-12)20-21-16-8-7-14(26-2)11-17(16)28-20/h4-11H,1-3H3,(H,22,25). The van der Waals surface area contributed by atoms with Gasteiger partial charge in [-0.1, -0.05) is 17.4 Å². The fraction of sp³-hybridized carbons (Fsp3) is 0.150. The molecular formula is C20H18N4O2S2. The van der Waals surface area contributed by atoms with Crippen LogP contribution < -0.4 is 10.1 Å². The molecule has 0 aliphatic rings. The van der Waals surface area contributed by atoms with E-state index in [2.05, 4.69) is 15.4 Å². The van der Waals surface area contributed by atoms with Crippen molar-refractivity contribution in [1.29, 1.82) is 0 Å². The predicted octanol–water partition coefficient (Wildman–Crippen LogP) is 4.77. The van der Waals surface area contributed by atoms with Crippen LogP contribution in [0.2, 0.25) is 0 Å². The number of benzene rings is 2. The molecule has 2 aromatic heterocycles. The molecule has 0 aliphatic carbocycles. The Balaban J connectivity index is 1.68. The molecule has 28 heavy (non-hydrogen) atoms. The molecule has 2 aromatic carbocycles. The number of hydrogen-bond acceptors (Lipinski definition) is 6. The second-order valence-electron chi connectivity index (χ2n) is 6.10. The van der Waals surface area contributed by atoms with Crippen molar-refractivity contribution in [2.45, 2.75) is 11.8 Å². The fourth-order valence-electron chi connectivity index (χ4n) is 2.80. The Kier molecular flexibility index (Phi) is 5.06. The molecule has 0 fully saturated rings. The van der Waals surface area contributed by atoms with E-state index < -0.39 is 0 Å². The van der Waals surface area contributed by atoms with Gasteiger partial charge in [0.05, 0.1) is 23.0 Å². The zero-order chi connectivity index (χ0) is 19.7. The monoisotopic (exact) mass is 410 g/mol.